The number of anilines is 1. The maximum absolute atomic E-state index is 13.2. The molecule has 0 unspecified atom stereocenters. The Hall–Kier alpha value is -3.12. The fourth-order valence-electron chi connectivity index (χ4n) is 4.91. The van der Waals surface area contributed by atoms with E-state index >= 15 is 0 Å². The van der Waals surface area contributed by atoms with E-state index in [1.165, 1.54) is 30.0 Å². The first-order valence-electron chi connectivity index (χ1n) is 12.3. The second-order valence-electron chi connectivity index (χ2n) is 9.63. The Morgan fingerprint density at radius 2 is 1.57 bits per heavy atom. The summed E-state index contributed by atoms with van der Waals surface area (Å²) in [6.07, 6.45) is 5.39. The van der Waals surface area contributed by atoms with Gasteiger partial charge in [0.15, 0.2) is 0 Å². The Morgan fingerprint density at radius 1 is 0.886 bits per heavy atom. The Bertz CT molecular complexity index is 1340. The van der Waals surface area contributed by atoms with Crippen LogP contribution in [0, 0.1) is 20.8 Å². The van der Waals surface area contributed by atoms with E-state index in [1.54, 1.807) is 31.2 Å². The van der Waals surface area contributed by atoms with Crippen LogP contribution in [0.1, 0.15) is 76.0 Å². The number of sulfonamides is 1. The number of hydrogen-bond acceptors (Lipinski definition) is 3. The number of benzene rings is 3. The monoisotopic (exact) mass is 490 g/mol. The molecule has 6 heteroatoms. The molecule has 0 bridgehead atoms. The van der Waals surface area contributed by atoms with Gasteiger partial charge in [-0.15, -0.1) is 0 Å². The average molecular weight is 491 g/mol. The summed E-state index contributed by atoms with van der Waals surface area (Å²) in [5.41, 5.74) is 7.25. The topological polar surface area (TPSA) is 75.3 Å². The summed E-state index contributed by atoms with van der Waals surface area (Å²) < 4.78 is 29.1. The second-order valence-corrected chi connectivity index (χ2v) is 11.3. The molecular weight excluding hydrogens is 456 g/mol. The van der Waals surface area contributed by atoms with E-state index in [2.05, 4.69) is 28.2 Å². The summed E-state index contributed by atoms with van der Waals surface area (Å²) in [6, 6.07) is 16.8. The molecule has 35 heavy (non-hydrogen) atoms. The molecule has 0 saturated carbocycles. The molecule has 0 aromatic heterocycles. The molecular formula is C29H34N2O3S. The fraction of sp³-hybridized carbons (Fsp3) is 0.345. The van der Waals surface area contributed by atoms with Gasteiger partial charge in [-0.2, -0.15) is 0 Å². The molecule has 1 amide bonds. The van der Waals surface area contributed by atoms with Crippen molar-refractivity contribution in [3.8, 4) is 0 Å². The van der Waals surface area contributed by atoms with Gasteiger partial charge < -0.3 is 5.32 Å². The predicted octanol–water partition coefficient (Wildman–Crippen LogP) is 6.17. The minimum atomic E-state index is -3.86. The molecule has 4 rings (SSSR count). The van der Waals surface area contributed by atoms with Gasteiger partial charge in [-0.3, -0.25) is 9.52 Å². The number of nitrogens with one attached hydrogen (secondary N) is 2. The molecule has 5 nitrogen and oxygen atoms in total. The lowest BCUT2D eigenvalue weighted by Gasteiger charge is -2.22. The largest absolute Gasteiger partial charge is 0.345 e. The lowest BCUT2D eigenvalue weighted by Crippen LogP contribution is -2.28. The number of aryl methyl sites for hydroxylation is 5. The molecule has 0 radical (unpaired) electrons. The molecule has 184 valence electrons. The van der Waals surface area contributed by atoms with Gasteiger partial charge in [-0.1, -0.05) is 37.3 Å². The number of carbonyl (C=O) groups is 1. The number of amides is 1. The summed E-state index contributed by atoms with van der Waals surface area (Å²) in [4.78, 5) is 13.3. The minimum absolute atomic E-state index is 0.103. The zero-order chi connectivity index (χ0) is 25.2. The van der Waals surface area contributed by atoms with Crippen LogP contribution >= 0.6 is 0 Å². The second kappa shape index (κ2) is 10.2. The van der Waals surface area contributed by atoms with Gasteiger partial charge in [0, 0.05) is 11.3 Å². The normalized spacial score (nSPS) is 14.2. The van der Waals surface area contributed by atoms with Crippen molar-refractivity contribution in [3.05, 3.63) is 93.5 Å². The molecule has 0 aliphatic heterocycles. The molecule has 0 saturated heterocycles. The molecule has 0 spiro atoms. The third kappa shape index (κ3) is 5.76. The molecule has 1 aliphatic rings. The quantitative estimate of drug-likeness (QED) is 0.416. The highest BCUT2D eigenvalue weighted by Gasteiger charge is 2.22. The molecule has 3 aromatic rings. The van der Waals surface area contributed by atoms with Gasteiger partial charge in [0.25, 0.3) is 15.9 Å². The van der Waals surface area contributed by atoms with Crippen molar-refractivity contribution < 1.29 is 13.2 Å². The van der Waals surface area contributed by atoms with Crippen molar-refractivity contribution >= 4 is 21.6 Å². The van der Waals surface area contributed by atoms with Crippen LogP contribution in [0.25, 0.3) is 0 Å². The first kappa shape index (κ1) is 25.0. The zero-order valence-corrected chi connectivity index (χ0v) is 21.8. The first-order valence-corrected chi connectivity index (χ1v) is 13.8. The summed E-state index contributed by atoms with van der Waals surface area (Å²) in [5.74, 6) is -0.280. The first-order chi connectivity index (χ1) is 16.7. The highest BCUT2D eigenvalue weighted by Crippen LogP contribution is 2.27. The van der Waals surface area contributed by atoms with Gasteiger partial charge in [-0.05, 0) is 111 Å². The zero-order valence-electron chi connectivity index (χ0n) is 20.9. The van der Waals surface area contributed by atoms with Crippen LogP contribution < -0.4 is 10.0 Å². The van der Waals surface area contributed by atoms with Crippen LogP contribution in [-0.4, -0.2) is 14.3 Å². The van der Waals surface area contributed by atoms with Crippen molar-refractivity contribution in [1.29, 1.82) is 0 Å². The lowest BCUT2D eigenvalue weighted by molar-refractivity contribution is 0.0935. The van der Waals surface area contributed by atoms with E-state index in [4.69, 9.17) is 0 Å². The van der Waals surface area contributed by atoms with Crippen molar-refractivity contribution in [1.82, 2.24) is 5.32 Å². The molecule has 1 atom stereocenters. The Kier molecular flexibility index (Phi) is 7.31. The number of hydrogen-bond donors (Lipinski definition) is 2. The number of carbonyl (C=O) groups excluding carboxylic acids is 1. The third-order valence-electron chi connectivity index (χ3n) is 6.70. The van der Waals surface area contributed by atoms with Crippen molar-refractivity contribution in [2.45, 2.75) is 70.7 Å². The summed E-state index contributed by atoms with van der Waals surface area (Å²) in [7, 11) is -3.86. The van der Waals surface area contributed by atoms with Gasteiger partial charge in [0.1, 0.15) is 0 Å². The highest BCUT2D eigenvalue weighted by atomic mass is 32.2. The van der Waals surface area contributed by atoms with E-state index in [0.717, 1.165) is 36.0 Å². The van der Waals surface area contributed by atoms with Crippen LogP contribution in [0.2, 0.25) is 0 Å². The van der Waals surface area contributed by atoms with E-state index < -0.39 is 10.0 Å². The summed E-state index contributed by atoms with van der Waals surface area (Å²) in [5, 5.41) is 3.11. The van der Waals surface area contributed by atoms with Crippen molar-refractivity contribution in [3.63, 3.8) is 0 Å². The smallest absolute Gasteiger partial charge is 0.262 e. The van der Waals surface area contributed by atoms with Crippen LogP contribution in [0.5, 0.6) is 0 Å². The van der Waals surface area contributed by atoms with Crippen LogP contribution in [-0.2, 0) is 22.9 Å². The molecule has 0 fully saturated rings. The minimum Gasteiger partial charge on any atom is -0.345 e. The average Bonchev–Trinajstić information content (AvgIpc) is 2.81. The van der Waals surface area contributed by atoms with E-state index in [1.807, 2.05) is 26.8 Å². The standard InChI is InChI=1S/C29H34N2O3S/c1-5-27(24-13-12-22-8-6-7-9-23(22)17-24)30-29(32)25-11-10-21(4)28(18-25)35(33,34)31-26-15-19(2)14-20(3)16-26/h10-18,27,31H,5-9H2,1-4H3,(H,30,32)/t27-/m1/s1. The van der Waals surface area contributed by atoms with Crippen LogP contribution in [0.4, 0.5) is 5.69 Å². The maximum atomic E-state index is 13.2. The van der Waals surface area contributed by atoms with Gasteiger partial charge >= 0.3 is 0 Å². The van der Waals surface area contributed by atoms with Gasteiger partial charge in [0.2, 0.25) is 0 Å². The van der Waals surface area contributed by atoms with E-state index in [-0.39, 0.29) is 16.8 Å². The Morgan fingerprint density at radius 3 is 2.26 bits per heavy atom. The van der Waals surface area contributed by atoms with E-state index in [9.17, 15) is 13.2 Å². The third-order valence-corrected chi connectivity index (χ3v) is 8.23. The van der Waals surface area contributed by atoms with Crippen LogP contribution in [0.3, 0.4) is 0 Å². The maximum Gasteiger partial charge on any atom is 0.262 e. The SMILES string of the molecule is CC[C@@H](NC(=O)c1ccc(C)c(S(=O)(=O)Nc2cc(C)cc(C)c2)c1)c1ccc2c(c1)CCCC2. The van der Waals surface area contributed by atoms with Gasteiger partial charge in [-0.25, -0.2) is 8.42 Å². The fourth-order valence-corrected chi connectivity index (χ4v) is 6.22. The van der Waals surface area contributed by atoms with Crippen LogP contribution in [0.15, 0.2) is 59.5 Å². The van der Waals surface area contributed by atoms with Crippen molar-refractivity contribution in [2.24, 2.45) is 0 Å². The lowest BCUT2D eigenvalue weighted by atomic mass is 9.88. The number of fused-ring (bicyclic) bond motifs is 1. The molecule has 3 aromatic carbocycles. The summed E-state index contributed by atoms with van der Waals surface area (Å²) in [6.45, 7) is 7.63. The van der Waals surface area contributed by atoms with Gasteiger partial charge in [0.05, 0.1) is 10.9 Å². The molecule has 2 N–H and O–H groups in total. The predicted molar refractivity (Wildman–Crippen MR) is 141 cm³/mol. The molecule has 0 heterocycles. The Balaban J connectivity index is 1.57. The highest BCUT2D eigenvalue weighted by molar-refractivity contribution is 7.92. The number of rotatable bonds is 7. The summed E-state index contributed by atoms with van der Waals surface area (Å²) >= 11 is 0. The van der Waals surface area contributed by atoms with E-state index in [0.29, 0.717) is 16.8 Å². The Labute approximate surface area is 209 Å². The van der Waals surface area contributed by atoms with Crippen molar-refractivity contribution in [2.75, 3.05) is 4.72 Å². The molecule has 1 aliphatic carbocycles.